The molecule has 100 valence electrons. The van der Waals surface area contributed by atoms with Gasteiger partial charge >= 0.3 is 6.03 Å². The zero-order valence-corrected chi connectivity index (χ0v) is 10.9. The van der Waals surface area contributed by atoms with E-state index in [1.54, 1.807) is 0 Å². The number of carbonyl (C=O) groups excluding carboxylic acids is 2. The van der Waals surface area contributed by atoms with E-state index in [2.05, 4.69) is 13.8 Å². The average Bonchev–Trinajstić information content (AvgIpc) is 2.21. The summed E-state index contributed by atoms with van der Waals surface area (Å²) in [5, 5.41) is 2.03. The van der Waals surface area contributed by atoms with Crippen molar-refractivity contribution in [3.63, 3.8) is 0 Å². The van der Waals surface area contributed by atoms with Crippen LogP contribution in [0.4, 0.5) is 4.79 Å². The number of rotatable bonds is 7. The Morgan fingerprint density at radius 2 is 1.88 bits per heavy atom. The van der Waals surface area contributed by atoms with Gasteiger partial charge in [0.1, 0.15) is 0 Å². The lowest BCUT2D eigenvalue weighted by Crippen LogP contribution is -2.37. The number of carbonyl (C=O) groups is 2. The molecule has 0 aliphatic carbocycles. The molecular formula is C11H24N4O2. The summed E-state index contributed by atoms with van der Waals surface area (Å²) in [7, 11) is 1.92. The summed E-state index contributed by atoms with van der Waals surface area (Å²) in [4.78, 5) is 23.6. The van der Waals surface area contributed by atoms with E-state index in [9.17, 15) is 9.59 Å². The molecule has 6 heteroatoms. The molecule has 0 rings (SSSR count). The minimum atomic E-state index is -0.806. The van der Waals surface area contributed by atoms with Crippen molar-refractivity contribution in [1.82, 2.24) is 10.2 Å². The summed E-state index contributed by atoms with van der Waals surface area (Å²) in [5.41, 5.74) is 10.7. The van der Waals surface area contributed by atoms with Crippen molar-refractivity contribution < 1.29 is 9.59 Å². The van der Waals surface area contributed by atoms with Crippen LogP contribution in [0.25, 0.3) is 0 Å². The van der Waals surface area contributed by atoms with Gasteiger partial charge in [-0.15, -0.1) is 0 Å². The minimum absolute atomic E-state index is 0.178. The van der Waals surface area contributed by atoms with Crippen LogP contribution in [0.3, 0.4) is 0 Å². The Labute approximate surface area is 103 Å². The molecule has 0 aliphatic heterocycles. The molecule has 0 fully saturated rings. The number of nitrogens with zero attached hydrogens (tertiary/aromatic N) is 1. The van der Waals surface area contributed by atoms with Gasteiger partial charge in [-0.2, -0.15) is 0 Å². The summed E-state index contributed by atoms with van der Waals surface area (Å²) < 4.78 is 0. The Morgan fingerprint density at radius 1 is 1.29 bits per heavy atom. The van der Waals surface area contributed by atoms with E-state index >= 15 is 0 Å². The van der Waals surface area contributed by atoms with Crippen LogP contribution in [0.15, 0.2) is 0 Å². The van der Waals surface area contributed by atoms with Gasteiger partial charge in [0.2, 0.25) is 5.91 Å². The average molecular weight is 244 g/mol. The standard InChI is InChI=1S/C11H24N4O2/c1-8(2)9(12)4-6-15(3)7-5-10(16)14-11(13)17/h8-9H,4-7,12H2,1-3H3,(H3,13,14,16,17). The molecule has 5 N–H and O–H groups in total. The first-order chi connectivity index (χ1) is 7.82. The van der Waals surface area contributed by atoms with Crippen molar-refractivity contribution in [3.05, 3.63) is 0 Å². The smallest absolute Gasteiger partial charge is 0.318 e. The number of primary amides is 1. The molecule has 0 aliphatic rings. The Bertz CT molecular complexity index is 256. The van der Waals surface area contributed by atoms with E-state index in [-0.39, 0.29) is 18.4 Å². The third-order valence-corrected chi connectivity index (χ3v) is 2.68. The molecule has 0 radical (unpaired) electrons. The zero-order chi connectivity index (χ0) is 13.4. The molecule has 0 spiro atoms. The molecule has 0 saturated carbocycles. The number of nitrogens with one attached hydrogen (secondary N) is 1. The molecule has 1 unspecified atom stereocenters. The highest BCUT2D eigenvalue weighted by molar-refractivity contribution is 5.93. The molecule has 0 saturated heterocycles. The van der Waals surface area contributed by atoms with Gasteiger partial charge in [0.05, 0.1) is 0 Å². The molecule has 0 heterocycles. The van der Waals surface area contributed by atoms with Crippen LogP contribution < -0.4 is 16.8 Å². The second kappa shape index (κ2) is 8.03. The maximum Gasteiger partial charge on any atom is 0.318 e. The topological polar surface area (TPSA) is 101 Å². The van der Waals surface area contributed by atoms with Crippen LogP contribution in [-0.2, 0) is 4.79 Å². The van der Waals surface area contributed by atoms with E-state index < -0.39 is 6.03 Å². The molecular weight excluding hydrogens is 220 g/mol. The SMILES string of the molecule is CC(C)C(N)CCN(C)CCC(=O)NC(N)=O. The van der Waals surface area contributed by atoms with Gasteiger partial charge in [-0.1, -0.05) is 13.8 Å². The van der Waals surface area contributed by atoms with E-state index in [0.29, 0.717) is 12.5 Å². The van der Waals surface area contributed by atoms with Crippen LogP contribution in [0, 0.1) is 5.92 Å². The Morgan fingerprint density at radius 3 is 2.35 bits per heavy atom. The van der Waals surface area contributed by atoms with Gasteiger partial charge in [-0.3, -0.25) is 10.1 Å². The van der Waals surface area contributed by atoms with E-state index in [0.717, 1.165) is 13.0 Å². The van der Waals surface area contributed by atoms with Crippen molar-refractivity contribution in [2.75, 3.05) is 20.1 Å². The second-order valence-electron chi connectivity index (χ2n) is 4.66. The Kier molecular flexibility index (Phi) is 7.49. The highest BCUT2D eigenvalue weighted by Gasteiger charge is 2.10. The quantitative estimate of drug-likeness (QED) is 0.581. The lowest BCUT2D eigenvalue weighted by atomic mass is 10.0. The predicted octanol–water partition coefficient (Wildman–Crippen LogP) is -0.123. The van der Waals surface area contributed by atoms with E-state index in [1.807, 2.05) is 17.3 Å². The lowest BCUT2D eigenvalue weighted by molar-refractivity contribution is -0.120. The predicted molar refractivity (Wildman–Crippen MR) is 67.3 cm³/mol. The number of nitrogens with two attached hydrogens (primary N) is 2. The van der Waals surface area contributed by atoms with Gasteiger partial charge < -0.3 is 16.4 Å². The maximum absolute atomic E-state index is 11.1. The first-order valence-electron chi connectivity index (χ1n) is 5.86. The number of hydrogen-bond donors (Lipinski definition) is 3. The monoisotopic (exact) mass is 244 g/mol. The van der Waals surface area contributed by atoms with Crippen molar-refractivity contribution in [3.8, 4) is 0 Å². The third-order valence-electron chi connectivity index (χ3n) is 2.68. The van der Waals surface area contributed by atoms with Gasteiger partial charge in [0.25, 0.3) is 0 Å². The molecule has 0 aromatic carbocycles. The summed E-state index contributed by atoms with van der Waals surface area (Å²) in [5.74, 6) is 0.110. The fourth-order valence-electron chi connectivity index (χ4n) is 1.31. The normalized spacial score (nSPS) is 12.8. The first-order valence-corrected chi connectivity index (χ1v) is 5.86. The van der Waals surface area contributed by atoms with Crippen LogP contribution in [0.1, 0.15) is 26.7 Å². The fourth-order valence-corrected chi connectivity index (χ4v) is 1.31. The van der Waals surface area contributed by atoms with Crippen molar-refractivity contribution >= 4 is 11.9 Å². The molecule has 1 atom stereocenters. The first kappa shape index (κ1) is 15.9. The number of hydrogen-bond acceptors (Lipinski definition) is 4. The van der Waals surface area contributed by atoms with Crippen LogP contribution in [-0.4, -0.2) is 43.0 Å². The minimum Gasteiger partial charge on any atom is -0.351 e. The maximum atomic E-state index is 11.1. The number of imide groups is 1. The molecule has 0 aromatic rings. The summed E-state index contributed by atoms with van der Waals surface area (Å²) >= 11 is 0. The van der Waals surface area contributed by atoms with Crippen LogP contribution in [0.2, 0.25) is 0 Å². The van der Waals surface area contributed by atoms with E-state index in [4.69, 9.17) is 11.5 Å². The van der Waals surface area contributed by atoms with Gasteiger partial charge in [-0.25, -0.2) is 4.79 Å². The second-order valence-corrected chi connectivity index (χ2v) is 4.66. The zero-order valence-electron chi connectivity index (χ0n) is 10.9. The molecule has 3 amide bonds. The third kappa shape index (κ3) is 8.65. The molecule has 6 nitrogen and oxygen atoms in total. The molecule has 17 heavy (non-hydrogen) atoms. The van der Waals surface area contributed by atoms with Crippen LogP contribution in [0.5, 0.6) is 0 Å². The molecule has 0 bridgehead atoms. The van der Waals surface area contributed by atoms with E-state index in [1.165, 1.54) is 0 Å². The number of amides is 3. The Balaban J connectivity index is 3.69. The largest absolute Gasteiger partial charge is 0.351 e. The molecule has 0 aromatic heterocycles. The highest BCUT2D eigenvalue weighted by Crippen LogP contribution is 2.03. The van der Waals surface area contributed by atoms with Crippen molar-refractivity contribution in [2.24, 2.45) is 17.4 Å². The lowest BCUT2D eigenvalue weighted by Gasteiger charge is -2.20. The van der Waals surface area contributed by atoms with Crippen molar-refractivity contribution in [2.45, 2.75) is 32.7 Å². The summed E-state index contributed by atoms with van der Waals surface area (Å²) in [6.07, 6.45) is 1.15. The number of urea groups is 1. The van der Waals surface area contributed by atoms with Gasteiger partial charge in [0, 0.05) is 19.0 Å². The summed E-state index contributed by atoms with van der Waals surface area (Å²) in [6, 6.07) is -0.628. The highest BCUT2D eigenvalue weighted by atomic mass is 16.2. The fraction of sp³-hybridized carbons (Fsp3) is 0.818. The van der Waals surface area contributed by atoms with Gasteiger partial charge in [-0.05, 0) is 25.9 Å². The summed E-state index contributed by atoms with van der Waals surface area (Å²) in [6.45, 7) is 5.60. The van der Waals surface area contributed by atoms with Crippen LogP contribution >= 0.6 is 0 Å². The van der Waals surface area contributed by atoms with Crippen molar-refractivity contribution in [1.29, 1.82) is 0 Å². The van der Waals surface area contributed by atoms with Gasteiger partial charge in [0.15, 0.2) is 0 Å². The Hall–Kier alpha value is -1.14.